The Balaban J connectivity index is 0.00000133. The van der Waals surface area contributed by atoms with Crippen molar-refractivity contribution in [1.29, 1.82) is 0 Å². The highest BCUT2D eigenvalue weighted by molar-refractivity contribution is 5.91. The highest BCUT2D eigenvalue weighted by Gasteiger charge is 2.16. The van der Waals surface area contributed by atoms with Crippen molar-refractivity contribution in [3.63, 3.8) is 0 Å². The van der Waals surface area contributed by atoms with Crippen LogP contribution >= 0.6 is 0 Å². The summed E-state index contributed by atoms with van der Waals surface area (Å²) in [5, 5.41) is 0. The summed E-state index contributed by atoms with van der Waals surface area (Å²) in [5.74, 6) is 0.517. The summed E-state index contributed by atoms with van der Waals surface area (Å²) in [6.45, 7) is 24.5. The fourth-order valence-electron chi connectivity index (χ4n) is 2.67. The predicted molar refractivity (Wildman–Crippen MR) is 140 cm³/mol. The Hall–Kier alpha value is -4.12. The van der Waals surface area contributed by atoms with Crippen molar-refractivity contribution in [3.8, 4) is 28.4 Å². The maximum Gasteiger partial charge on any atom is 0.338 e. The lowest BCUT2D eigenvalue weighted by atomic mass is 9.94. The second-order valence-corrected chi connectivity index (χ2v) is 7.91. The molecular weight excluding hydrogens is 428 g/mol. The molecule has 0 aliphatic heterocycles. The molecule has 0 amide bonds. The molecule has 2 aromatic rings. The monoisotopic (exact) mass is 460 g/mol. The number of benzene rings is 2. The lowest BCUT2D eigenvalue weighted by molar-refractivity contribution is -0.130. The van der Waals surface area contributed by atoms with E-state index in [1.807, 2.05) is 33.8 Å². The number of hydrogen-bond donors (Lipinski definition) is 0. The van der Waals surface area contributed by atoms with E-state index in [1.165, 1.54) is 5.57 Å². The standard InChI is InChI=1S/C25H24O5.C4H8/c1-7-19-20(8-2)22(30-25(27)17(5)6)12-10-21(19)18-9-11-23(29-15-26)24(13-18)28-14-16(3)4;1-4(2)3/h7-15H,1-2,5H2,3-4,6H3;1H2,2-3H3. The lowest BCUT2D eigenvalue weighted by Crippen LogP contribution is -2.09. The number of ether oxygens (including phenoxy) is 3. The van der Waals surface area contributed by atoms with Gasteiger partial charge in [0.1, 0.15) is 5.75 Å². The van der Waals surface area contributed by atoms with Crippen LogP contribution in [0.1, 0.15) is 45.7 Å². The Labute approximate surface area is 202 Å². The number of hydrogen-bond acceptors (Lipinski definition) is 5. The van der Waals surface area contributed by atoms with Crippen LogP contribution < -0.4 is 14.2 Å². The van der Waals surface area contributed by atoms with Gasteiger partial charge in [-0.05, 0) is 75.1 Å². The van der Waals surface area contributed by atoms with Crippen LogP contribution in [0.5, 0.6) is 17.2 Å². The first-order chi connectivity index (χ1) is 16.0. The molecule has 0 spiro atoms. The number of allylic oxidation sites excluding steroid dienone is 2. The van der Waals surface area contributed by atoms with Crippen LogP contribution in [0.3, 0.4) is 0 Å². The fourth-order valence-corrected chi connectivity index (χ4v) is 2.67. The van der Waals surface area contributed by atoms with Gasteiger partial charge in [0.25, 0.3) is 6.47 Å². The molecule has 0 saturated heterocycles. The molecule has 0 aliphatic carbocycles. The highest BCUT2D eigenvalue weighted by atomic mass is 16.5. The minimum absolute atomic E-state index is 0.293. The molecule has 0 atom stereocenters. The zero-order valence-corrected chi connectivity index (χ0v) is 20.6. The van der Waals surface area contributed by atoms with Crippen molar-refractivity contribution >= 4 is 24.6 Å². The van der Waals surface area contributed by atoms with Crippen LogP contribution in [0.25, 0.3) is 23.3 Å². The van der Waals surface area contributed by atoms with Crippen molar-refractivity contribution in [2.45, 2.75) is 34.6 Å². The third-order valence-electron chi connectivity index (χ3n) is 4.06. The first kappa shape index (κ1) is 27.9. The molecule has 0 unspecified atom stereocenters. The quantitative estimate of drug-likeness (QED) is 0.0966. The minimum Gasteiger partial charge on any atom is -0.461 e. The Kier molecular flexibility index (Phi) is 11.0. The van der Waals surface area contributed by atoms with Gasteiger partial charge >= 0.3 is 5.97 Å². The summed E-state index contributed by atoms with van der Waals surface area (Å²) < 4.78 is 16.1. The zero-order chi connectivity index (χ0) is 25.8. The molecule has 0 bridgehead atoms. The van der Waals surface area contributed by atoms with E-state index >= 15 is 0 Å². The van der Waals surface area contributed by atoms with Gasteiger partial charge in [-0.3, -0.25) is 4.79 Å². The smallest absolute Gasteiger partial charge is 0.338 e. The highest BCUT2D eigenvalue weighted by Crippen LogP contribution is 2.38. The molecule has 0 fully saturated rings. The van der Waals surface area contributed by atoms with Gasteiger partial charge in [-0.15, -0.1) is 6.58 Å². The summed E-state index contributed by atoms with van der Waals surface area (Å²) in [6, 6.07) is 8.70. The van der Waals surface area contributed by atoms with Gasteiger partial charge in [0.15, 0.2) is 11.5 Å². The second-order valence-electron chi connectivity index (χ2n) is 7.91. The van der Waals surface area contributed by atoms with Crippen molar-refractivity contribution < 1.29 is 23.8 Å². The number of rotatable bonds is 9. The van der Waals surface area contributed by atoms with Gasteiger partial charge in [0, 0.05) is 11.1 Å². The summed E-state index contributed by atoms with van der Waals surface area (Å²) in [5.41, 5.74) is 5.37. The van der Waals surface area contributed by atoms with Crippen LogP contribution in [0.2, 0.25) is 0 Å². The molecule has 0 N–H and O–H groups in total. The Morgan fingerprint density at radius 2 is 1.41 bits per heavy atom. The summed E-state index contributed by atoms with van der Waals surface area (Å²) in [6.07, 6.45) is 4.84. The SMILES string of the molecule is C=C(C)C.C=Cc1c(OC(=O)C(=C)C)ccc(-c2ccc(OC=O)c(OC=C(C)C)c2)c1C=C. The Morgan fingerprint density at radius 1 is 0.824 bits per heavy atom. The molecule has 5 heteroatoms. The van der Waals surface area contributed by atoms with E-state index in [-0.39, 0.29) is 0 Å². The van der Waals surface area contributed by atoms with Crippen molar-refractivity contribution in [1.82, 2.24) is 0 Å². The number of carbonyl (C=O) groups excluding carboxylic acids is 2. The second kappa shape index (κ2) is 13.4. The average Bonchev–Trinajstić information content (AvgIpc) is 2.77. The maximum absolute atomic E-state index is 12.0. The van der Waals surface area contributed by atoms with Gasteiger partial charge < -0.3 is 14.2 Å². The van der Waals surface area contributed by atoms with Gasteiger partial charge in [-0.2, -0.15) is 0 Å². The van der Waals surface area contributed by atoms with Gasteiger partial charge in [0.05, 0.1) is 6.26 Å². The molecule has 0 aliphatic rings. The van der Waals surface area contributed by atoms with Crippen LogP contribution in [-0.4, -0.2) is 12.4 Å². The molecule has 2 rings (SSSR count). The molecule has 178 valence electrons. The van der Waals surface area contributed by atoms with E-state index in [0.29, 0.717) is 34.9 Å². The average molecular weight is 461 g/mol. The third kappa shape index (κ3) is 8.10. The topological polar surface area (TPSA) is 61.8 Å². The zero-order valence-electron chi connectivity index (χ0n) is 20.6. The molecule has 0 aromatic heterocycles. The van der Waals surface area contributed by atoms with E-state index in [4.69, 9.17) is 14.2 Å². The summed E-state index contributed by atoms with van der Waals surface area (Å²) in [7, 11) is 0. The van der Waals surface area contributed by atoms with E-state index in [1.54, 1.807) is 49.6 Å². The maximum atomic E-state index is 12.0. The van der Waals surface area contributed by atoms with E-state index in [9.17, 15) is 9.59 Å². The largest absolute Gasteiger partial charge is 0.461 e. The van der Waals surface area contributed by atoms with Crippen LogP contribution in [0, 0.1) is 0 Å². The minimum atomic E-state index is -0.520. The van der Waals surface area contributed by atoms with Crippen molar-refractivity contribution in [2.24, 2.45) is 0 Å². The molecular formula is C29H32O5. The van der Waals surface area contributed by atoms with Crippen LogP contribution in [0.15, 0.2) is 79.6 Å². The Morgan fingerprint density at radius 3 is 1.91 bits per heavy atom. The van der Waals surface area contributed by atoms with Crippen molar-refractivity contribution in [3.05, 3.63) is 90.8 Å². The molecule has 2 aromatic carbocycles. The number of esters is 1. The van der Waals surface area contributed by atoms with Gasteiger partial charge in [-0.25, -0.2) is 4.79 Å². The normalized spacial score (nSPS) is 9.44. The van der Waals surface area contributed by atoms with Gasteiger partial charge in [-0.1, -0.05) is 49.6 Å². The molecule has 5 nitrogen and oxygen atoms in total. The Bertz CT molecular complexity index is 1130. The predicted octanol–water partition coefficient (Wildman–Crippen LogP) is 7.54. The molecule has 0 heterocycles. The van der Waals surface area contributed by atoms with E-state index < -0.39 is 5.97 Å². The summed E-state index contributed by atoms with van der Waals surface area (Å²) in [4.78, 5) is 22.8. The van der Waals surface area contributed by atoms with Gasteiger partial charge in [0.2, 0.25) is 0 Å². The first-order valence-corrected chi connectivity index (χ1v) is 10.5. The molecule has 0 saturated carbocycles. The molecule has 0 radical (unpaired) electrons. The lowest BCUT2D eigenvalue weighted by Gasteiger charge is -2.16. The van der Waals surface area contributed by atoms with Crippen LogP contribution in [-0.2, 0) is 9.59 Å². The fraction of sp³-hybridized carbons (Fsp3) is 0.172. The van der Waals surface area contributed by atoms with E-state index in [2.05, 4.69) is 26.3 Å². The van der Waals surface area contributed by atoms with E-state index in [0.717, 1.165) is 22.3 Å². The summed E-state index contributed by atoms with van der Waals surface area (Å²) >= 11 is 0. The van der Waals surface area contributed by atoms with Crippen LogP contribution in [0.4, 0.5) is 0 Å². The third-order valence-corrected chi connectivity index (χ3v) is 4.06. The van der Waals surface area contributed by atoms with Crippen molar-refractivity contribution in [2.75, 3.05) is 0 Å². The molecule has 34 heavy (non-hydrogen) atoms. The first-order valence-electron chi connectivity index (χ1n) is 10.5. The number of carbonyl (C=O) groups is 2.